The molecule has 7 nitrogen and oxygen atoms in total. The fourth-order valence-electron chi connectivity index (χ4n) is 1.49. The van der Waals surface area contributed by atoms with Crippen LogP contribution in [-0.2, 0) is 4.74 Å². The van der Waals surface area contributed by atoms with E-state index in [1.165, 1.54) is 25.3 Å². The molecule has 20 heavy (non-hydrogen) atoms. The SMILES string of the molecule is COC(=O)c1ccc([N+](=O)[O-])c(NC(C)(C)C(C)O)c1. The third-order valence-electron chi connectivity index (χ3n) is 3.12. The number of benzene rings is 1. The van der Waals surface area contributed by atoms with Crippen LogP contribution in [0.15, 0.2) is 18.2 Å². The Hall–Kier alpha value is -2.15. The van der Waals surface area contributed by atoms with Gasteiger partial charge in [0.25, 0.3) is 5.69 Å². The van der Waals surface area contributed by atoms with E-state index < -0.39 is 22.5 Å². The number of ether oxygens (including phenoxy) is 1. The van der Waals surface area contributed by atoms with Crippen LogP contribution >= 0.6 is 0 Å². The van der Waals surface area contributed by atoms with Gasteiger partial charge in [0.15, 0.2) is 0 Å². The highest BCUT2D eigenvalue weighted by atomic mass is 16.6. The topological polar surface area (TPSA) is 102 Å². The first-order valence-electron chi connectivity index (χ1n) is 6.02. The maximum absolute atomic E-state index is 11.5. The molecule has 1 rings (SSSR count). The molecular formula is C13H18N2O5. The smallest absolute Gasteiger partial charge is 0.337 e. The molecule has 0 spiro atoms. The number of hydrogen-bond donors (Lipinski definition) is 2. The van der Waals surface area contributed by atoms with E-state index in [1.807, 2.05) is 0 Å². The molecule has 0 radical (unpaired) electrons. The van der Waals surface area contributed by atoms with Gasteiger partial charge in [0, 0.05) is 6.07 Å². The Bertz CT molecular complexity index is 525. The average Bonchev–Trinajstić information content (AvgIpc) is 2.36. The third kappa shape index (κ3) is 3.45. The van der Waals surface area contributed by atoms with Crippen molar-refractivity contribution in [3.05, 3.63) is 33.9 Å². The minimum absolute atomic E-state index is 0.156. The van der Waals surface area contributed by atoms with Gasteiger partial charge in [-0.15, -0.1) is 0 Å². The van der Waals surface area contributed by atoms with Crippen LogP contribution < -0.4 is 5.32 Å². The van der Waals surface area contributed by atoms with Gasteiger partial charge < -0.3 is 15.2 Å². The standard InChI is InChI=1S/C13H18N2O5/c1-8(16)13(2,3)14-10-7-9(12(17)20-4)5-6-11(10)15(18)19/h5-8,14,16H,1-4H3. The van der Waals surface area contributed by atoms with E-state index >= 15 is 0 Å². The molecule has 0 aliphatic rings. The number of nitro benzene ring substituents is 1. The maximum Gasteiger partial charge on any atom is 0.337 e. The van der Waals surface area contributed by atoms with Crippen LogP contribution in [0.4, 0.5) is 11.4 Å². The normalized spacial score (nSPS) is 12.7. The van der Waals surface area contributed by atoms with Gasteiger partial charge in [-0.3, -0.25) is 10.1 Å². The van der Waals surface area contributed by atoms with E-state index in [1.54, 1.807) is 20.8 Å². The molecular weight excluding hydrogens is 264 g/mol. The number of methoxy groups -OCH3 is 1. The zero-order valence-corrected chi connectivity index (χ0v) is 11.8. The Kier molecular flexibility index (Phi) is 4.67. The fourth-order valence-corrected chi connectivity index (χ4v) is 1.49. The minimum atomic E-state index is -0.792. The Morgan fingerprint density at radius 1 is 1.50 bits per heavy atom. The zero-order chi connectivity index (χ0) is 15.5. The molecule has 1 atom stereocenters. The number of carbonyl (C=O) groups excluding carboxylic acids is 1. The van der Waals surface area contributed by atoms with Crippen LogP contribution in [0.2, 0.25) is 0 Å². The number of anilines is 1. The maximum atomic E-state index is 11.5. The summed E-state index contributed by atoms with van der Waals surface area (Å²) in [5.41, 5.74) is -0.614. The molecule has 0 bridgehead atoms. The van der Waals surface area contributed by atoms with Gasteiger partial charge in [-0.05, 0) is 32.9 Å². The minimum Gasteiger partial charge on any atom is -0.465 e. The van der Waals surface area contributed by atoms with E-state index in [4.69, 9.17) is 0 Å². The van der Waals surface area contributed by atoms with Gasteiger partial charge in [0.05, 0.1) is 29.2 Å². The Morgan fingerprint density at radius 2 is 2.10 bits per heavy atom. The predicted molar refractivity (Wildman–Crippen MR) is 73.8 cm³/mol. The van der Waals surface area contributed by atoms with Gasteiger partial charge >= 0.3 is 5.97 Å². The second-order valence-electron chi connectivity index (χ2n) is 5.00. The summed E-state index contributed by atoms with van der Waals surface area (Å²) in [6.45, 7) is 4.97. The van der Waals surface area contributed by atoms with Crippen molar-refractivity contribution in [2.45, 2.75) is 32.4 Å². The van der Waals surface area contributed by atoms with Crippen molar-refractivity contribution in [2.24, 2.45) is 0 Å². The molecule has 0 aliphatic heterocycles. The third-order valence-corrected chi connectivity index (χ3v) is 3.12. The molecule has 0 fully saturated rings. The van der Waals surface area contributed by atoms with E-state index in [9.17, 15) is 20.0 Å². The fraction of sp³-hybridized carbons (Fsp3) is 0.462. The van der Waals surface area contributed by atoms with Gasteiger partial charge in [0.2, 0.25) is 0 Å². The summed E-state index contributed by atoms with van der Waals surface area (Å²) < 4.78 is 4.58. The van der Waals surface area contributed by atoms with E-state index in [2.05, 4.69) is 10.1 Å². The molecule has 1 unspecified atom stereocenters. The number of aliphatic hydroxyl groups excluding tert-OH is 1. The summed E-state index contributed by atoms with van der Waals surface area (Å²) in [6, 6.07) is 3.89. The monoisotopic (exact) mass is 282 g/mol. The molecule has 110 valence electrons. The quantitative estimate of drug-likeness (QED) is 0.486. The van der Waals surface area contributed by atoms with Crippen molar-refractivity contribution in [3.63, 3.8) is 0 Å². The summed E-state index contributed by atoms with van der Waals surface area (Å²) in [7, 11) is 1.23. The Balaban J connectivity index is 3.26. The number of nitrogens with one attached hydrogen (secondary N) is 1. The first-order chi connectivity index (χ1) is 9.19. The molecule has 0 saturated heterocycles. The molecule has 0 aromatic heterocycles. The van der Waals surface area contributed by atoms with Crippen LogP contribution in [0.25, 0.3) is 0 Å². The number of nitrogens with zero attached hydrogens (tertiary/aromatic N) is 1. The van der Waals surface area contributed by atoms with Crippen LogP contribution in [0.1, 0.15) is 31.1 Å². The number of carbonyl (C=O) groups is 1. The summed E-state index contributed by atoms with van der Waals surface area (Å²) in [5, 5.41) is 23.6. The van der Waals surface area contributed by atoms with Gasteiger partial charge in [-0.1, -0.05) is 0 Å². The van der Waals surface area contributed by atoms with Gasteiger partial charge in [0.1, 0.15) is 5.69 Å². The molecule has 0 amide bonds. The van der Waals surface area contributed by atoms with Crippen molar-refractivity contribution in [2.75, 3.05) is 12.4 Å². The molecule has 0 saturated carbocycles. The summed E-state index contributed by atoms with van der Waals surface area (Å²) in [5.74, 6) is -0.585. The highest BCUT2D eigenvalue weighted by molar-refractivity contribution is 5.91. The Morgan fingerprint density at radius 3 is 2.55 bits per heavy atom. The molecule has 0 aliphatic carbocycles. The summed E-state index contributed by atoms with van der Waals surface area (Å²) in [6.07, 6.45) is -0.746. The van der Waals surface area contributed by atoms with Crippen molar-refractivity contribution in [1.82, 2.24) is 0 Å². The Labute approximate surface area is 116 Å². The number of nitro groups is 1. The van der Waals surface area contributed by atoms with Crippen LogP contribution in [0.3, 0.4) is 0 Å². The van der Waals surface area contributed by atoms with Crippen LogP contribution in [0.5, 0.6) is 0 Å². The van der Waals surface area contributed by atoms with Crippen molar-refractivity contribution in [1.29, 1.82) is 0 Å². The van der Waals surface area contributed by atoms with Gasteiger partial charge in [-0.25, -0.2) is 4.79 Å². The van der Waals surface area contributed by atoms with E-state index in [0.717, 1.165) is 0 Å². The molecule has 0 heterocycles. The number of esters is 1. The lowest BCUT2D eigenvalue weighted by atomic mass is 9.98. The first kappa shape index (κ1) is 15.9. The zero-order valence-electron chi connectivity index (χ0n) is 11.8. The largest absolute Gasteiger partial charge is 0.465 e. The number of rotatable bonds is 5. The lowest BCUT2D eigenvalue weighted by Gasteiger charge is -2.30. The summed E-state index contributed by atoms with van der Waals surface area (Å²) >= 11 is 0. The average molecular weight is 282 g/mol. The lowest BCUT2D eigenvalue weighted by molar-refractivity contribution is -0.384. The van der Waals surface area contributed by atoms with Crippen molar-refractivity contribution >= 4 is 17.3 Å². The molecule has 1 aromatic rings. The second kappa shape index (κ2) is 5.87. The van der Waals surface area contributed by atoms with E-state index in [0.29, 0.717) is 0 Å². The molecule has 1 aromatic carbocycles. The highest BCUT2D eigenvalue weighted by Gasteiger charge is 2.27. The lowest BCUT2D eigenvalue weighted by Crippen LogP contribution is -2.42. The van der Waals surface area contributed by atoms with Crippen molar-refractivity contribution in [3.8, 4) is 0 Å². The number of aliphatic hydroxyl groups is 1. The number of hydrogen-bond acceptors (Lipinski definition) is 6. The molecule has 7 heteroatoms. The van der Waals surface area contributed by atoms with Gasteiger partial charge in [-0.2, -0.15) is 0 Å². The second-order valence-corrected chi connectivity index (χ2v) is 5.00. The van der Waals surface area contributed by atoms with Crippen molar-refractivity contribution < 1.29 is 19.6 Å². The predicted octanol–water partition coefficient (Wildman–Crippen LogP) is 1.95. The van der Waals surface area contributed by atoms with Crippen LogP contribution in [-0.4, -0.2) is 34.8 Å². The first-order valence-corrected chi connectivity index (χ1v) is 6.02. The molecule has 2 N–H and O–H groups in total. The van der Waals surface area contributed by atoms with E-state index in [-0.39, 0.29) is 16.9 Å². The van der Waals surface area contributed by atoms with Crippen LogP contribution in [0, 0.1) is 10.1 Å². The highest BCUT2D eigenvalue weighted by Crippen LogP contribution is 2.29. The summed E-state index contributed by atoms with van der Waals surface area (Å²) in [4.78, 5) is 21.9.